The van der Waals surface area contributed by atoms with Crippen LogP contribution < -0.4 is 5.32 Å². The SMILES string of the molecule is CNC(C)(CCSCc1ccccc1)C(=O)O. The Morgan fingerprint density at radius 2 is 2.06 bits per heavy atom. The maximum absolute atomic E-state index is 11.0. The van der Waals surface area contributed by atoms with Crippen LogP contribution in [0.5, 0.6) is 0 Å². The number of carboxylic acids is 1. The summed E-state index contributed by atoms with van der Waals surface area (Å²) in [4.78, 5) is 11.0. The minimum absolute atomic E-state index is 0.621. The van der Waals surface area contributed by atoms with Crippen LogP contribution in [0, 0.1) is 0 Å². The van der Waals surface area contributed by atoms with Gasteiger partial charge < -0.3 is 10.4 Å². The molecule has 4 heteroatoms. The monoisotopic (exact) mass is 253 g/mol. The van der Waals surface area contributed by atoms with Gasteiger partial charge in [-0.2, -0.15) is 11.8 Å². The van der Waals surface area contributed by atoms with E-state index in [1.54, 1.807) is 25.7 Å². The van der Waals surface area contributed by atoms with Crippen LogP contribution in [-0.2, 0) is 10.5 Å². The van der Waals surface area contributed by atoms with Crippen LogP contribution in [0.15, 0.2) is 30.3 Å². The lowest BCUT2D eigenvalue weighted by molar-refractivity contribution is -0.144. The lowest BCUT2D eigenvalue weighted by Gasteiger charge is -2.23. The van der Waals surface area contributed by atoms with Gasteiger partial charge in [0, 0.05) is 5.75 Å². The lowest BCUT2D eigenvalue weighted by Crippen LogP contribution is -2.47. The molecule has 1 aromatic rings. The van der Waals surface area contributed by atoms with E-state index in [4.69, 9.17) is 5.11 Å². The van der Waals surface area contributed by atoms with Gasteiger partial charge in [-0.15, -0.1) is 0 Å². The van der Waals surface area contributed by atoms with E-state index in [2.05, 4.69) is 17.4 Å². The van der Waals surface area contributed by atoms with E-state index in [9.17, 15) is 4.79 Å². The van der Waals surface area contributed by atoms with Crippen molar-refractivity contribution in [3.63, 3.8) is 0 Å². The smallest absolute Gasteiger partial charge is 0.323 e. The fourth-order valence-corrected chi connectivity index (χ4v) is 2.50. The predicted molar refractivity (Wildman–Crippen MR) is 72.3 cm³/mol. The summed E-state index contributed by atoms with van der Waals surface area (Å²) in [5, 5.41) is 11.9. The number of likely N-dealkylation sites (N-methyl/N-ethyl adjacent to an activating group) is 1. The van der Waals surface area contributed by atoms with Crippen molar-refractivity contribution in [3.05, 3.63) is 35.9 Å². The molecular formula is C13H19NO2S. The Morgan fingerprint density at radius 3 is 2.59 bits per heavy atom. The number of thioether (sulfide) groups is 1. The molecule has 0 fully saturated rings. The van der Waals surface area contributed by atoms with Gasteiger partial charge >= 0.3 is 5.97 Å². The number of benzene rings is 1. The first-order valence-corrected chi connectivity index (χ1v) is 6.78. The zero-order chi connectivity index (χ0) is 12.7. The summed E-state index contributed by atoms with van der Waals surface area (Å²) in [6.07, 6.45) is 0.621. The molecule has 3 nitrogen and oxygen atoms in total. The second kappa shape index (κ2) is 6.67. The van der Waals surface area contributed by atoms with Gasteiger partial charge in [-0.1, -0.05) is 30.3 Å². The van der Waals surface area contributed by atoms with Crippen LogP contribution in [-0.4, -0.2) is 29.4 Å². The Kier molecular flexibility index (Phi) is 5.51. The second-order valence-electron chi connectivity index (χ2n) is 4.18. The van der Waals surface area contributed by atoms with Gasteiger partial charge in [0.05, 0.1) is 0 Å². The molecule has 0 amide bonds. The number of carbonyl (C=O) groups is 1. The maximum atomic E-state index is 11.0. The van der Waals surface area contributed by atoms with E-state index >= 15 is 0 Å². The third kappa shape index (κ3) is 4.40. The molecule has 0 saturated carbocycles. The second-order valence-corrected chi connectivity index (χ2v) is 5.28. The van der Waals surface area contributed by atoms with E-state index < -0.39 is 11.5 Å². The molecule has 0 aromatic heterocycles. The lowest BCUT2D eigenvalue weighted by atomic mass is 10.00. The van der Waals surface area contributed by atoms with E-state index in [0.717, 1.165) is 11.5 Å². The van der Waals surface area contributed by atoms with Crippen LogP contribution in [0.25, 0.3) is 0 Å². The van der Waals surface area contributed by atoms with Crippen molar-refractivity contribution in [2.45, 2.75) is 24.6 Å². The van der Waals surface area contributed by atoms with Crippen molar-refractivity contribution in [2.75, 3.05) is 12.8 Å². The molecule has 1 aromatic carbocycles. The molecule has 0 aliphatic carbocycles. The Morgan fingerprint density at radius 1 is 1.41 bits per heavy atom. The molecule has 0 radical (unpaired) electrons. The molecule has 94 valence electrons. The zero-order valence-corrected chi connectivity index (χ0v) is 11.1. The van der Waals surface area contributed by atoms with E-state index in [1.165, 1.54) is 5.56 Å². The topological polar surface area (TPSA) is 49.3 Å². The van der Waals surface area contributed by atoms with Crippen molar-refractivity contribution in [1.82, 2.24) is 5.32 Å². The summed E-state index contributed by atoms with van der Waals surface area (Å²) in [6.45, 7) is 1.72. The van der Waals surface area contributed by atoms with Gasteiger partial charge in [0.25, 0.3) is 0 Å². The van der Waals surface area contributed by atoms with Gasteiger partial charge in [0.1, 0.15) is 5.54 Å². The Balaban J connectivity index is 2.31. The highest BCUT2D eigenvalue weighted by atomic mass is 32.2. The molecule has 2 N–H and O–H groups in total. The highest BCUT2D eigenvalue weighted by molar-refractivity contribution is 7.98. The van der Waals surface area contributed by atoms with Gasteiger partial charge in [-0.3, -0.25) is 4.79 Å². The largest absolute Gasteiger partial charge is 0.480 e. The average Bonchev–Trinajstić information content (AvgIpc) is 2.35. The fourth-order valence-electron chi connectivity index (χ4n) is 1.38. The minimum atomic E-state index is -0.816. The van der Waals surface area contributed by atoms with Gasteiger partial charge in [-0.25, -0.2) is 0 Å². The quantitative estimate of drug-likeness (QED) is 0.732. The molecule has 1 unspecified atom stereocenters. The maximum Gasteiger partial charge on any atom is 0.323 e. The van der Waals surface area contributed by atoms with Crippen LogP contribution in [0.2, 0.25) is 0 Å². The molecule has 0 bridgehead atoms. The summed E-state index contributed by atoms with van der Waals surface area (Å²) >= 11 is 1.76. The summed E-state index contributed by atoms with van der Waals surface area (Å²) in [7, 11) is 1.69. The van der Waals surface area contributed by atoms with Crippen molar-refractivity contribution < 1.29 is 9.90 Å². The first kappa shape index (κ1) is 14.1. The standard InChI is InChI=1S/C13H19NO2S/c1-13(14-2,12(15)16)8-9-17-10-11-6-4-3-5-7-11/h3-7,14H,8-10H2,1-2H3,(H,15,16). The summed E-state index contributed by atoms with van der Waals surface area (Å²) in [6, 6.07) is 10.2. The fraction of sp³-hybridized carbons (Fsp3) is 0.462. The molecule has 0 saturated heterocycles. The first-order valence-electron chi connectivity index (χ1n) is 5.62. The van der Waals surface area contributed by atoms with Gasteiger partial charge in [0.15, 0.2) is 0 Å². The van der Waals surface area contributed by atoms with Crippen LogP contribution in [0.3, 0.4) is 0 Å². The van der Waals surface area contributed by atoms with Crippen molar-refractivity contribution in [3.8, 4) is 0 Å². The molecule has 0 aliphatic rings. The van der Waals surface area contributed by atoms with E-state index in [0.29, 0.717) is 6.42 Å². The number of aliphatic carboxylic acids is 1. The number of carboxylic acid groups (broad SMARTS) is 1. The van der Waals surface area contributed by atoms with Crippen molar-refractivity contribution in [1.29, 1.82) is 0 Å². The van der Waals surface area contributed by atoms with Crippen LogP contribution >= 0.6 is 11.8 Å². The molecule has 0 heterocycles. The van der Waals surface area contributed by atoms with Crippen LogP contribution in [0.1, 0.15) is 18.9 Å². The molecule has 0 aliphatic heterocycles. The Hall–Kier alpha value is -1.00. The third-order valence-corrected chi connectivity index (χ3v) is 3.91. The highest BCUT2D eigenvalue weighted by Crippen LogP contribution is 2.17. The highest BCUT2D eigenvalue weighted by Gasteiger charge is 2.30. The molecule has 0 spiro atoms. The molecule has 17 heavy (non-hydrogen) atoms. The number of rotatable bonds is 7. The molecule has 1 rings (SSSR count). The van der Waals surface area contributed by atoms with Gasteiger partial charge in [-0.05, 0) is 31.7 Å². The Bertz CT molecular complexity index is 356. The van der Waals surface area contributed by atoms with Crippen molar-refractivity contribution in [2.24, 2.45) is 0 Å². The van der Waals surface area contributed by atoms with E-state index in [-0.39, 0.29) is 0 Å². The van der Waals surface area contributed by atoms with E-state index in [1.807, 2.05) is 18.2 Å². The normalized spacial score (nSPS) is 14.2. The van der Waals surface area contributed by atoms with Crippen molar-refractivity contribution >= 4 is 17.7 Å². The minimum Gasteiger partial charge on any atom is -0.480 e. The Labute approximate surface area is 107 Å². The zero-order valence-electron chi connectivity index (χ0n) is 10.3. The average molecular weight is 253 g/mol. The summed E-state index contributed by atoms with van der Waals surface area (Å²) in [5.74, 6) is 0.971. The summed E-state index contributed by atoms with van der Waals surface area (Å²) < 4.78 is 0. The first-order chi connectivity index (χ1) is 8.08. The van der Waals surface area contributed by atoms with Gasteiger partial charge in [0.2, 0.25) is 0 Å². The predicted octanol–water partition coefficient (Wildman–Crippen LogP) is 2.37. The molecular weight excluding hydrogens is 234 g/mol. The molecule has 1 atom stereocenters. The third-order valence-electron chi connectivity index (χ3n) is 2.88. The summed E-state index contributed by atoms with van der Waals surface area (Å²) in [5.41, 5.74) is 0.461. The number of hydrogen-bond acceptors (Lipinski definition) is 3. The number of hydrogen-bond donors (Lipinski definition) is 2. The number of nitrogens with one attached hydrogen (secondary N) is 1. The van der Waals surface area contributed by atoms with Crippen LogP contribution in [0.4, 0.5) is 0 Å².